The van der Waals surface area contributed by atoms with E-state index < -0.39 is 12.1 Å². The summed E-state index contributed by atoms with van der Waals surface area (Å²) in [5.74, 6) is -1.06. The van der Waals surface area contributed by atoms with Gasteiger partial charge in [0.25, 0.3) is 0 Å². The molecule has 0 fully saturated rings. The minimum atomic E-state index is -0.828. The maximum Gasteiger partial charge on any atom is 0.309 e. The molecule has 0 N–H and O–H groups in total. The highest BCUT2D eigenvalue weighted by Crippen LogP contribution is 2.15. The highest BCUT2D eigenvalue weighted by atomic mass is 16.6. The van der Waals surface area contributed by atoms with E-state index in [1.165, 1.54) is 128 Å². The van der Waals surface area contributed by atoms with E-state index in [-0.39, 0.29) is 31.6 Å². The Morgan fingerprint density at radius 2 is 0.597 bits per heavy atom. The van der Waals surface area contributed by atoms with Gasteiger partial charge < -0.3 is 14.2 Å². The lowest BCUT2D eigenvalue weighted by molar-refractivity contribution is -0.166. The minimum absolute atomic E-state index is 0.116. The van der Waals surface area contributed by atoms with Crippen LogP contribution >= 0.6 is 0 Å². The number of hydrogen-bond donors (Lipinski definition) is 0. The average Bonchev–Trinajstić information content (AvgIpc) is 3.38. The van der Waals surface area contributed by atoms with E-state index in [1.54, 1.807) is 6.08 Å². The van der Waals surface area contributed by atoms with Crippen molar-refractivity contribution in [3.8, 4) is 0 Å². The molecule has 0 rings (SSSR count). The Labute approximate surface area is 444 Å². The van der Waals surface area contributed by atoms with Crippen LogP contribution in [0.2, 0.25) is 0 Å². The molecule has 0 aliphatic rings. The third-order valence-corrected chi connectivity index (χ3v) is 12.5. The van der Waals surface area contributed by atoms with Gasteiger partial charge in [0.1, 0.15) is 13.2 Å². The molecule has 6 nitrogen and oxygen atoms in total. The number of rotatable bonds is 53. The molecule has 0 radical (unpaired) electrons. The monoisotopic (exact) mass is 999 g/mol. The molecule has 0 aliphatic carbocycles. The van der Waals surface area contributed by atoms with Gasteiger partial charge in [-0.1, -0.05) is 252 Å². The fraction of sp³-hybridized carbons (Fsp3) is 0.682. The summed E-state index contributed by atoms with van der Waals surface area (Å²) in [6.45, 7) is 6.40. The van der Waals surface area contributed by atoms with Crippen LogP contribution in [-0.2, 0) is 28.6 Å². The lowest BCUT2D eigenvalue weighted by Gasteiger charge is -2.18. The van der Waals surface area contributed by atoms with Crippen LogP contribution in [0.3, 0.4) is 0 Å². The van der Waals surface area contributed by atoms with Gasteiger partial charge >= 0.3 is 17.9 Å². The molecule has 1 atom stereocenters. The van der Waals surface area contributed by atoms with Crippen molar-refractivity contribution in [3.05, 3.63) is 109 Å². The van der Waals surface area contributed by atoms with Gasteiger partial charge in [0.2, 0.25) is 0 Å². The molecule has 0 aromatic rings. The smallest absolute Gasteiger partial charge is 0.309 e. The van der Waals surface area contributed by atoms with Crippen LogP contribution in [-0.4, -0.2) is 37.2 Å². The molecule has 1 unspecified atom stereocenters. The van der Waals surface area contributed by atoms with Crippen LogP contribution in [0.5, 0.6) is 0 Å². The zero-order valence-corrected chi connectivity index (χ0v) is 46.9. The number of esters is 3. The molecular weight excluding hydrogens is 889 g/mol. The summed E-state index contributed by atoms with van der Waals surface area (Å²) in [7, 11) is 0. The van der Waals surface area contributed by atoms with Gasteiger partial charge in [0.05, 0.1) is 6.42 Å². The van der Waals surface area contributed by atoms with Crippen LogP contribution in [0.4, 0.5) is 0 Å². The van der Waals surface area contributed by atoms with Gasteiger partial charge in [-0.25, -0.2) is 0 Å². The molecule has 6 heteroatoms. The van der Waals surface area contributed by atoms with Crippen molar-refractivity contribution < 1.29 is 28.6 Å². The normalized spacial score (nSPS) is 12.9. The van der Waals surface area contributed by atoms with Crippen molar-refractivity contribution in [1.82, 2.24) is 0 Å². The number of allylic oxidation sites excluding steroid dienone is 17. The molecule has 0 spiro atoms. The van der Waals surface area contributed by atoms with Crippen molar-refractivity contribution in [2.75, 3.05) is 13.2 Å². The third-order valence-electron chi connectivity index (χ3n) is 12.5. The number of ether oxygens (including phenoxy) is 3. The molecule has 0 aromatic heterocycles. The van der Waals surface area contributed by atoms with E-state index >= 15 is 0 Å². The van der Waals surface area contributed by atoms with Gasteiger partial charge in [-0.05, 0) is 109 Å². The van der Waals surface area contributed by atoms with Crippen LogP contribution in [0.1, 0.15) is 271 Å². The highest BCUT2D eigenvalue weighted by Gasteiger charge is 2.19. The Hall–Kier alpha value is -3.93. The quantitative estimate of drug-likeness (QED) is 0.0261. The van der Waals surface area contributed by atoms with E-state index in [2.05, 4.69) is 118 Å². The predicted octanol–water partition coefficient (Wildman–Crippen LogP) is 20.3. The number of carbonyl (C=O) groups excluding carboxylic acids is 3. The third kappa shape index (κ3) is 57.0. The second-order valence-electron chi connectivity index (χ2n) is 19.5. The maximum atomic E-state index is 12.9. The maximum absolute atomic E-state index is 12.9. The van der Waals surface area contributed by atoms with E-state index in [4.69, 9.17) is 14.2 Å². The van der Waals surface area contributed by atoms with Crippen molar-refractivity contribution in [3.63, 3.8) is 0 Å². The van der Waals surface area contributed by atoms with E-state index in [1.807, 2.05) is 6.08 Å². The molecule has 72 heavy (non-hydrogen) atoms. The Bertz CT molecular complexity index is 1470. The second kappa shape index (κ2) is 59.6. The number of unbranched alkanes of at least 4 members (excludes halogenated alkanes) is 25. The first kappa shape index (κ1) is 68.1. The van der Waals surface area contributed by atoms with Crippen molar-refractivity contribution in [1.29, 1.82) is 0 Å². The SMILES string of the molecule is CC/C=C\C/C=C\C/C=C\C/C=C\C/C=C\CC(=O)OCC(COC(=O)CCCCCCCCCCCCC/C=C\C/C=C\CCCCCCC)OC(=O)CCCCCCC/C=C\C/C=C\CCCCCC. The zero-order valence-electron chi connectivity index (χ0n) is 46.9. The van der Waals surface area contributed by atoms with Crippen LogP contribution in [0.15, 0.2) is 109 Å². The van der Waals surface area contributed by atoms with Crippen molar-refractivity contribution >= 4 is 17.9 Å². The van der Waals surface area contributed by atoms with Gasteiger partial charge in [-0.2, -0.15) is 0 Å². The first-order chi connectivity index (χ1) is 35.5. The molecule has 0 heterocycles. The summed E-state index contributed by atoms with van der Waals surface area (Å²) in [6, 6.07) is 0. The lowest BCUT2D eigenvalue weighted by Crippen LogP contribution is -2.30. The van der Waals surface area contributed by atoms with Crippen LogP contribution in [0.25, 0.3) is 0 Å². The Morgan fingerprint density at radius 3 is 0.986 bits per heavy atom. The summed E-state index contributed by atoms with van der Waals surface area (Å²) in [5, 5.41) is 0. The second-order valence-corrected chi connectivity index (χ2v) is 19.5. The zero-order chi connectivity index (χ0) is 52.2. The van der Waals surface area contributed by atoms with Gasteiger partial charge in [-0.15, -0.1) is 0 Å². The minimum Gasteiger partial charge on any atom is -0.462 e. The summed E-state index contributed by atoms with van der Waals surface area (Å²) in [6.07, 6.45) is 81.1. The lowest BCUT2D eigenvalue weighted by atomic mass is 10.0. The van der Waals surface area contributed by atoms with Crippen molar-refractivity contribution in [2.24, 2.45) is 0 Å². The molecule has 0 saturated heterocycles. The van der Waals surface area contributed by atoms with E-state index in [0.717, 1.165) is 103 Å². The predicted molar refractivity (Wildman–Crippen MR) is 311 cm³/mol. The Morgan fingerprint density at radius 1 is 0.306 bits per heavy atom. The van der Waals surface area contributed by atoms with Crippen LogP contribution in [0, 0.1) is 0 Å². The molecule has 0 aliphatic heterocycles. The topological polar surface area (TPSA) is 78.9 Å². The summed E-state index contributed by atoms with van der Waals surface area (Å²) >= 11 is 0. The molecule has 410 valence electrons. The first-order valence-corrected chi connectivity index (χ1v) is 29.9. The van der Waals surface area contributed by atoms with Gasteiger partial charge in [0, 0.05) is 12.8 Å². The Balaban J connectivity index is 4.45. The molecule has 0 saturated carbocycles. The fourth-order valence-electron chi connectivity index (χ4n) is 8.05. The van der Waals surface area contributed by atoms with Gasteiger partial charge in [0.15, 0.2) is 6.10 Å². The first-order valence-electron chi connectivity index (χ1n) is 29.9. The summed E-state index contributed by atoms with van der Waals surface area (Å²) in [5.41, 5.74) is 0. The van der Waals surface area contributed by atoms with Crippen LogP contribution < -0.4 is 0 Å². The average molecular weight is 1000 g/mol. The largest absolute Gasteiger partial charge is 0.462 e. The summed E-state index contributed by atoms with van der Waals surface area (Å²) in [4.78, 5) is 38.1. The molecule has 0 aromatic carbocycles. The van der Waals surface area contributed by atoms with E-state index in [9.17, 15) is 14.4 Å². The molecule has 0 amide bonds. The highest BCUT2D eigenvalue weighted by molar-refractivity contribution is 5.72. The Kier molecular flexibility index (Phi) is 56.4. The fourth-order valence-corrected chi connectivity index (χ4v) is 8.05. The van der Waals surface area contributed by atoms with E-state index in [0.29, 0.717) is 12.8 Å². The van der Waals surface area contributed by atoms with Crippen molar-refractivity contribution in [2.45, 2.75) is 277 Å². The number of hydrogen-bond acceptors (Lipinski definition) is 6. The number of carbonyl (C=O) groups is 3. The van der Waals surface area contributed by atoms with Gasteiger partial charge in [-0.3, -0.25) is 14.4 Å². The summed E-state index contributed by atoms with van der Waals surface area (Å²) < 4.78 is 16.8. The molecular formula is C66H110O6. The molecule has 0 bridgehead atoms. The standard InChI is InChI=1S/C66H110O6/c1-4-7-10-13-16-19-22-25-28-30-31-32-33-34-35-36-39-41-44-47-50-53-56-59-65(68)71-62-63(61-70-64(67)58-55-52-49-46-43-40-37-27-24-21-18-15-12-9-6-3)72-66(69)60-57-54-51-48-45-42-38-29-26-23-20-17-14-11-8-5-2/h9,12,18,20-23,25,27,29-31,37-38,43,46,52,55,63H,4-8,10-11,13-17,19,24,26,28,32-36,39-42,44-45,47-51,53-54,56-62H2,1-3H3/b12-9-,21-18-,23-20-,25-22-,31-30-,37-27-,38-29-,46-43-,55-52-.